The van der Waals surface area contributed by atoms with E-state index in [0.29, 0.717) is 0 Å². The molecule has 1 aromatic rings. The largest absolute Gasteiger partial charge is 0.481 e. The van der Waals surface area contributed by atoms with Crippen LogP contribution in [0, 0.1) is 5.41 Å². The lowest BCUT2D eigenvalue weighted by Crippen LogP contribution is -2.44. The highest BCUT2D eigenvalue weighted by Gasteiger charge is 2.40. The molecule has 0 amide bonds. The van der Waals surface area contributed by atoms with Gasteiger partial charge in [0.05, 0.1) is 5.41 Å². The van der Waals surface area contributed by atoms with Gasteiger partial charge in [-0.1, -0.05) is 13.3 Å². The summed E-state index contributed by atoms with van der Waals surface area (Å²) in [6, 6.07) is 2.07. The van der Waals surface area contributed by atoms with E-state index < -0.39 is 11.4 Å². The zero-order valence-electron chi connectivity index (χ0n) is 11.2. The number of thiophene rings is 1. The summed E-state index contributed by atoms with van der Waals surface area (Å²) in [6.07, 6.45) is 3.31. The highest BCUT2D eigenvalue weighted by Crippen LogP contribution is 2.37. The van der Waals surface area contributed by atoms with Crippen molar-refractivity contribution in [3.05, 3.63) is 20.8 Å². The SMILES string of the molecule is CCCC1(C(=O)O)CCN(Cc2sccc2Br)CC1. The van der Waals surface area contributed by atoms with Crippen LogP contribution in [0.2, 0.25) is 0 Å². The van der Waals surface area contributed by atoms with Crippen LogP contribution in [0.15, 0.2) is 15.9 Å². The first-order valence-corrected chi connectivity index (χ1v) is 8.42. The predicted molar refractivity (Wildman–Crippen MR) is 81.5 cm³/mol. The summed E-state index contributed by atoms with van der Waals surface area (Å²) in [5, 5.41) is 11.6. The fourth-order valence-corrected chi connectivity index (χ4v) is 4.35. The lowest BCUT2D eigenvalue weighted by molar-refractivity contribution is -0.152. The zero-order chi connectivity index (χ0) is 13.9. The number of aliphatic carboxylic acids is 1. The number of carbonyl (C=O) groups is 1. The molecule has 19 heavy (non-hydrogen) atoms. The molecule has 2 heterocycles. The fourth-order valence-electron chi connectivity index (χ4n) is 2.83. The van der Waals surface area contributed by atoms with Gasteiger partial charge < -0.3 is 5.11 Å². The fraction of sp³-hybridized carbons (Fsp3) is 0.643. The third-order valence-electron chi connectivity index (χ3n) is 4.05. The minimum atomic E-state index is -0.605. The number of carboxylic acid groups (broad SMARTS) is 1. The van der Waals surface area contributed by atoms with Crippen LogP contribution >= 0.6 is 27.3 Å². The van der Waals surface area contributed by atoms with E-state index in [4.69, 9.17) is 0 Å². The van der Waals surface area contributed by atoms with Crippen molar-refractivity contribution < 1.29 is 9.90 Å². The van der Waals surface area contributed by atoms with Crippen LogP contribution in [0.25, 0.3) is 0 Å². The van der Waals surface area contributed by atoms with Crippen molar-refractivity contribution in [2.75, 3.05) is 13.1 Å². The summed E-state index contributed by atoms with van der Waals surface area (Å²) in [4.78, 5) is 15.2. The molecule has 0 atom stereocenters. The summed E-state index contributed by atoms with van der Waals surface area (Å²) < 4.78 is 1.17. The molecule has 0 aliphatic carbocycles. The number of hydrogen-bond donors (Lipinski definition) is 1. The molecule has 3 nitrogen and oxygen atoms in total. The van der Waals surface area contributed by atoms with E-state index in [2.05, 4.69) is 39.2 Å². The van der Waals surface area contributed by atoms with Crippen LogP contribution in [-0.4, -0.2) is 29.1 Å². The predicted octanol–water partition coefficient (Wildman–Crippen LogP) is 3.98. The molecular weight excluding hydrogens is 326 g/mol. The van der Waals surface area contributed by atoms with Gasteiger partial charge in [0.1, 0.15) is 0 Å². The summed E-state index contributed by atoms with van der Waals surface area (Å²) >= 11 is 5.31. The van der Waals surface area contributed by atoms with Crippen molar-refractivity contribution in [3.63, 3.8) is 0 Å². The van der Waals surface area contributed by atoms with Gasteiger partial charge in [0.2, 0.25) is 0 Å². The first-order chi connectivity index (χ1) is 9.07. The smallest absolute Gasteiger partial charge is 0.309 e. The van der Waals surface area contributed by atoms with Gasteiger partial charge in [-0.15, -0.1) is 11.3 Å². The maximum Gasteiger partial charge on any atom is 0.309 e. The number of halogens is 1. The van der Waals surface area contributed by atoms with Crippen LogP contribution < -0.4 is 0 Å². The molecule has 2 rings (SSSR count). The lowest BCUT2D eigenvalue weighted by atomic mass is 9.75. The van der Waals surface area contributed by atoms with E-state index in [9.17, 15) is 9.90 Å². The summed E-state index contributed by atoms with van der Waals surface area (Å²) in [7, 11) is 0. The molecule has 0 unspecified atom stereocenters. The van der Waals surface area contributed by atoms with Crippen molar-refractivity contribution >= 4 is 33.2 Å². The molecule has 1 saturated heterocycles. The van der Waals surface area contributed by atoms with Gasteiger partial charge in [0.25, 0.3) is 0 Å². The Hall–Kier alpha value is -0.390. The second-order valence-electron chi connectivity index (χ2n) is 5.30. The molecule has 0 spiro atoms. The average Bonchev–Trinajstić information content (AvgIpc) is 2.78. The zero-order valence-corrected chi connectivity index (χ0v) is 13.6. The summed E-state index contributed by atoms with van der Waals surface area (Å²) in [5.41, 5.74) is -0.474. The highest BCUT2D eigenvalue weighted by molar-refractivity contribution is 9.10. The highest BCUT2D eigenvalue weighted by atomic mass is 79.9. The van der Waals surface area contributed by atoms with Gasteiger partial charge >= 0.3 is 5.97 Å². The van der Waals surface area contributed by atoms with E-state index in [1.165, 1.54) is 9.35 Å². The van der Waals surface area contributed by atoms with Crippen LogP contribution in [0.5, 0.6) is 0 Å². The quantitative estimate of drug-likeness (QED) is 0.877. The number of rotatable bonds is 5. The van der Waals surface area contributed by atoms with Crippen molar-refractivity contribution in [3.8, 4) is 0 Å². The van der Waals surface area contributed by atoms with Gasteiger partial charge in [-0.2, -0.15) is 0 Å². The van der Waals surface area contributed by atoms with Crippen molar-refractivity contribution in [2.45, 2.75) is 39.2 Å². The second kappa shape index (κ2) is 6.37. The first-order valence-electron chi connectivity index (χ1n) is 6.75. The number of nitrogens with zero attached hydrogens (tertiary/aromatic N) is 1. The number of carboxylic acids is 1. The minimum Gasteiger partial charge on any atom is -0.481 e. The number of hydrogen-bond acceptors (Lipinski definition) is 3. The van der Waals surface area contributed by atoms with Gasteiger partial charge in [-0.25, -0.2) is 0 Å². The second-order valence-corrected chi connectivity index (χ2v) is 7.16. The molecular formula is C14H20BrNO2S. The molecule has 0 bridgehead atoms. The van der Waals surface area contributed by atoms with E-state index in [-0.39, 0.29) is 0 Å². The Labute approximate surface area is 126 Å². The van der Waals surface area contributed by atoms with E-state index in [1.807, 2.05) is 0 Å². The van der Waals surface area contributed by atoms with Crippen molar-refractivity contribution in [1.82, 2.24) is 4.90 Å². The first kappa shape index (κ1) is 15.0. The Balaban J connectivity index is 1.94. The molecule has 1 aliphatic rings. The Morgan fingerprint density at radius 3 is 2.68 bits per heavy atom. The molecule has 5 heteroatoms. The molecule has 0 saturated carbocycles. The van der Waals surface area contributed by atoms with Gasteiger partial charge in [0, 0.05) is 15.9 Å². The van der Waals surface area contributed by atoms with Crippen LogP contribution in [0.1, 0.15) is 37.5 Å². The molecule has 1 aliphatic heterocycles. The molecule has 0 radical (unpaired) electrons. The maximum atomic E-state index is 11.5. The molecule has 1 fully saturated rings. The van der Waals surface area contributed by atoms with Crippen LogP contribution in [0.3, 0.4) is 0 Å². The van der Waals surface area contributed by atoms with Gasteiger partial charge in [0.15, 0.2) is 0 Å². The van der Waals surface area contributed by atoms with Crippen LogP contribution in [0.4, 0.5) is 0 Å². The Morgan fingerprint density at radius 1 is 1.53 bits per heavy atom. The Bertz CT molecular complexity index is 438. The standard InChI is InChI=1S/C14H20BrNO2S/c1-2-4-14(13(17)18)5-7-16(8-6-14)10-12-11(15)3-9-19-12/h3,9H,2,4-8,10H2,1H3,(H,17,18). The minimum absolute atomic E-state index is 0.474. The summed E-state index contributed by atoms with van der Waals surface area (Å²) in [5.74, 6) is -0.605. The lowest BCUT2D eigenvalue weighted by Gasteiger charge is -2.38. The normalized spacial score (nSPS) is 19.5. The Morgan fingerprint density at radius 2 is 2.21 bits per heavy atom. The molecule has 1 aromatic heterocycles. The van der Waals surface area contributed by atoms with Crippen LogP contribution in [-0.2, 0) is 11.3 Å². The Kier molecular flexibility index (Phi) is 5.03. The molecule has 1 N–H and O–H groups in total. The van der Waals surface area contributed by atoms with E-state index >= 15 is 0 Å². The molecule has 106 valence electrons. The number of likely N-dealkylation sites (tertiary alicyclic amines) is 1. The topological polar surface area (TPSA) is 40.5 Å². The van der Waals surface area contributed by atoms with Gasteiger partial charge in [-0.3, -0.25) is 9.69 Å². The van der Waals surface area contributed by atoms with Crippen molar-refractivity contribution in [1.29, 1.82) is 0 Å². The summed E-state index contributed by atoms with van der Waals surface area (Å²) in [6.45, 7) is 4.77. The molecule has 0 aromatic carbocycles. The van der Waals surface area contributed by atoms with E-state index in [0.717, 1.165) is 45.3 Å². The average molecular weight is 346 g/mol. The maximum absolute atomic E-state index is 11.5. The number of piperidine rings is 1. The van der Waals surface area contributed by atoms with Gasteiger partial charge in [-0.05, 0) is 59.7 Å². The van der Waals surface area contributed by atoms with E-state index in [1.54, 1.807) is 11.3 Å². The third-order valence-corrected chi connectivity index (χ3v) is 5.96. The van der Waals surface area contributed by atoms with Crippen molar-refractivity contribution in [2.24, 2.45) is 5.41 Å². The third kappa shape index (κ3) is 3.38. The monoisotopic (exact) mass is 345 g/mol.